The molecule has 146 valence electrons. The third-order valence-electron chi connectivity index (χ3n) is 4.09. The van der Waals surface area contributed by atoms with Gasteiger partial charge in [-0.05, 0) is 30.7 Å². The maximum absolute atomic E-state index is 12.2. The quantitative estimate of drug-likeness (QED) is 0.701. The first kappa shape index (κ1) is 21.4. The minimum atomic E-state index is -3.60. The van der Waals surface area contributed by atoms with Crippen LogP contribution in [0.4, 0.5) is 5.69 Å². The molecule has 0 aliphatic carbocycles. The van der Waals surface area contributed by atoms with E-state index in [0.717, 1.165) is 9.87 Å². The van der Waals surface area contributed by atoms with E-state index in [4.69, 9.17) is 11.6 Å². The van der Waals surface area contributed by atoms with Gasteiger partial charge in [-0.2, -0.15) is 0 Å². The highest BCUT2D eigenvalue weighted by atomic mass is 35.5. The lowest BCUT2D eigenvalue weighted by Gasteiger charge is -2.15. The second-order valence-corrected chi connectivity index (χ2v) is 8.87. The number of anilines is 1. The number of hydrogen-bond acceptors (Lipinski definition) is 4. The van der Waals surface area contributed by atoms with Crippen LogP contribution in [-0.4, -0.2) is 39.3 Å². The molecule has 0 bridgehead atoms. The van der Waals surface area contributed by atoms with E-state index in [-0.39, 0.29) is 34.0 Å². The van der Waals surface area contributed by atoms with Gasteiger partial charge in [0.05, 0.1) is 15.6 Å². The Hall–Kier alpha value is -1.93. The van der Waals surface area contributed by atoms with Gasteiger partial charge in [-0.1, -0.05) is 41.9 Å². The highest BCUT2D eigenvalue weighted by Gasteiger charge is 2.19. The zero-order valence-corrected chi connectivity index (χ0v) is 17.1. The van der Waals surface area contributed by atoms with Crippen LogP contribution in [0.25, 0.3) is 0 Å². The second kappa shape index (κ2) is 9.32. The molecule has 0 spiro atoms. The zero-order chi connectivity index (χ0) is 20.0. The van der Waals surface area contributed by atoms with Crippen molar-refractivity contribution >= 4 is 33.2 Å². The first-order valence-electron chi connectivity index (χ1n) is 8.52. The molecule has 1 atom stereocenters. The Morgan fingerprint density at radius 1 is 1.15 bits per heavy atom. The van der Waals surface area contributed by atoms with Crippen molar-refractivity contribution in [2.24, 2.45) is 0 Å². The van der Waals surface area contributed by atoms with Crippen molar-refractivity contribution in [3.63, 3.8) is 0 Å². The van der Waals surface area contributed by atoms with Gasteiger partial charge in [-0.25, -0.2) is 12.7 Å². The molecule has 6 nitrogen and oxygen atoms in total. The fraction of sp³-hybridized carbons (Fsp3) is 0.316. The first-order chi connectivity index (χ1) is 12.7. The zero-order valence-electron chi connectivity index (χ0n) is 15.6. The van der Waals surface area contributed by atoms with Crippen LogP contribution in [0.2, 0.25) is 5.02 Å². The molecule has 1 unspecified atom stereocenters. The molecule has 0 aliphatic rings. The molecule has 27 heavy (non-hydrogen) atoms. The van der Waals surface area contributed by atoms with Crippen molar-refractivity contribution in [2.45, 2.75) is 24.3 Å². The van der Waals surface area contributed by atoms with E-state index in [0.29, 0.717) is 6.54 Å². The van der Waals surface area contributed by atoms with Crippen molar-refractivity contribution in [1.29, 1.82) is 0 Å². The average Bonchev–Trinajstić information content (AvgIpc) is 2.63. The lowest BCUT2D eigenvalue weighted by atomic mass is 10.1. The largest absolute Gasteiger partial charge is 0.325 e. The Bertz CT molecular complexity index is 886. The standard InChI is InChI=1S/C19H24ClN3O3S/c1-14(15-7-5-4-6-8-15)21-12-11-19(24)22-18-13-16(9-10-17(18)20)27(25,26)23(2)3/h4-10,13-14,21H,11-12H2,1-3H3,(H,22,24). The summed E-state index contributed by atoms with van der Waals surface area (Å²) in [5.41, 5.74) is 1.42. The van der Waals surface area contributed by atoms with Gasteiger partial charge in [0.15, 0.2) is 0 Å². The van der Waals surface area contributed by atoms with Crippen molar-refractivity contribution in [1.82, 2.24) is 9.62 Å². The maximum atomic E-state index is 12.2. The summed E-state index contributed by atoms with van der Waals surface area (Å²) < 4.78 is 25.6. The summed E-state index contributed by atoms with van der Waals surface area (Å²) in [7, 11) is -0.707. The Labute approximate surface area is 165 Å². The Kier molecular flexibility index (Phi) is 7.38. The SMILES string of the molecule is CC(NCCC(=O)Nc1cc(S(=O)(=O)N(C)C)ccc1Cl)c1ccccc1. The van der Waals surface area contributed by atoms with Gasteiger partial charge < -0.3 is 10.6 Å². The van der Waals surface area contributed by atoms with Gasteiger partial charge in [-0.3, -0.25) is 4.79 Å². The number of carbonyl (C=O) groups excluding carboxylic acids is 1. The van der Waals surface area contributed by atoms with Gasteiger partial charge in [0.1, 0.15) is 0 Å². The first-order valence-corrected chi connectivity index (χ1v) is 10.3. The lowest BCUT2D eigenvalue weighted by Crippen LogP contribution is -2.25. The van der Waals surface area contributed by atoms with Crippen LogP contribution in [0.1, 0.15) is 24.9 Å². The molecule has 0 aliphatic heterocycles. The highest BCUT2D eigenvalue weighted by Crippen LogP contribution is 2.26. The fourth-order valence-electron chi connectivity index (χ4n) is 2.45. The minimum Gasteiger partial charge on any atom is -0.325 e. The molecule has 2 N–H and O–H groups in total. The highest BCUT2D eigenvalue weighted by molar-refractivity contribution is 7.89. The topological polar surface area (TPSA) is 78.5 Å². The van der Waals surface area contributed by atoms with E-state index in [9.17, 15) is 13.2 Å². The minimum absolute atomic E-state index is 0.0722. The summed E-state index contributed by atoms with van der Waals surface area (Å²) in [6.45, 7) is 2.51. The third-order valence-corrected chi connectivity index (χ3v) is 6.23. The fourth-order valence-corrected chi connectivity index (χ4v) is 3.54. The predicted molar refractivity (Wildman–Crippen MR) is 108 cm³/mol. The third kappa shape index (κ3) is 5.77. The number of carbonyl (C=O) groups is 1. The summed E-state index contributed by atoms with van der Waals surface area (Å²) >= 11 is 6.10. The summed E-state index contributed by atoms with van der Waals surface area (Å²) in [5, 5.41) is 6.25. The predicted octanol–water partition coefficient (Wildman–Crippen LogP) is 3.27. The maximum Gasteiger partial charge on any atom is 0.242 e. The van der Waals surface area contributed by atoms with Crippen molar-refractivity contribution in [2.75, 3.05) is 26.0 Å². The molecule has 0 heterocycles. The number of nitrogens with zero attached hydrogens (tertiary/aromatic N) is 1. The number of nitrogens with one attached hydrogen (secondary N) is 2. The Balaban J connectivity index is 1.95. The van der Waals surface area contributed by atoms with Gasteiger partial charge in [0, 0.05) is 33.1 Å². The molecular weight excluding hydrogens is 386 g/mol. The van der Waals surface area contributed by atoms with Crippen LogP contribution in [0.3, 0.4) is 0 Å². The van der Waals surface area contributed by atoms with Crippen LogP contribution in [0.5, 0.6) is 0 Å². The number of halogens is 1. The van der Waals surface area contributed by atoms with E-state index >= 15 is 0 Å². The van der Waals surface area contributed by atoms with Crippen molar-refractivity contribution in [3.05, 3.63) is 59.1 Å². The van der Waals surface area contributed by atoms with E-state index in [1.807, 2.05) is 37.3 Å². The van der Waals surface area contributed by atoms with E-state index < -0.39 is 10.0 Å². The van der Waals surface area contributed by atoms with Crippen molar-refractivity contribution < 1.29 is 13.2 Å². The number of amides is 1. The van der Waals surface area contributed by atoms with Gasteiger partial charge in [-0.15, -0.1) is 0 Å². The number of rotatable bonds is 8. The van der Waals surface area contributed by atoms with Crippen LogP contribution < -0.4 is 10.6 Å². The molecule has 0 radical (unpaired) electrons. The van der Waals surface area contributed by atoms with Crippen molar-refractivity contribution in [3.8, 4) is 0 Å². The van der Waals surface area contributed by atoms with Crippen LogP contribution >= 0.6 is 11.6 Å². The molecule has 1 amide bonds. The molecule has 0 saturated carbocycles. The monoisotopic (exact) mass is 409 g/mol. The van der Waals surface area contributed by atoms with Crippen LogP contribution in [0, 0.1) is 0 Å². The summed E-state index contributed by atoms with van der Waals surface area (Å²) in [5.74, 6) is -0.246. The molecule has 2 rings (SSSR count). The van der Waals surface area contributed by atoms with Crippen LogP contribution in [0.15, 0.2) is 53.4 Å². The van der Waals surface area contributed by atoms with E-state index in [2.05, 4.69) is 10.6 Å². The Morgan fingerprint density at radius 2 is 1.81 bits per heavy atom. The number of sulfonamides is 1. The molecule has 8 heteroatoms. The number of hydrogen-bond donors (Lipinski definition) is 2. The van der Waals surface area contributed by atoms with Gasteiger partial charge >= 0.3 is 0 Å². The molecule has 0 fully saturated rings. The Morgan fingerprint density at radius 3 is 2.44 bits per heavy atom. The summed E-state index contributed by atoms with van der Waals surface area (Å²) in [4.78, 5) is 12.3. The van der Waals surface area contributed by atoms with Gasteiger partial charge in [0.25, 0.3) is 0 Å². The molecular formula is C19H24ClN3O3S. The number of benzene rings is 2. The lowest BCUT2D eigenvalue weighted by molar-refractivity contribution is -0.116. The van der Waals surface area contributed by atoms with E-state index in [1.165, 1.54) is 32.3 Å². The second-order valence-electron chi connectivity index (χ2n) is 6.31. The summed E-state index contributed by atoms with van der Waals surface area (Å²) in [6.07, 6.45) is 0.234. The molecule has 0 saturated heterocycles. The summed E-state index contributed by atoms with van der Waals surface area (Å²) in [6, 6.07) is 14.3. The van der Waals surface area contributed by atoms with Crippen LogP contribution in [-0.2, 0) is 14.8 Å². The average molecular weight is 410 g/mol. The molecule has 2 aromatic carbocycles. The normalized spacial score (nSPS) is 12.8. The van der Waals surface area contributed by atoms with E-state index in [1.54, 1.807) is 0 Å². The van der Waals surface area contributed by atoms with Gasteiger partial charge in [0.2, 0.25) is 15.9 Å². The smallest absolute Gasteiger partial charge is 0.242 e. The molecule has 0 aromatic heterocycles. The molecule has 2 aromatic rings.